The average Bonchev–Trinajstić information content (AvgIpc) is 3.23. The maximum atomic E-state index is 12.5. The summed E-state index contributed by atoms with van der Waals surface area (Å²) in [5.41, 5.74) is 0.741. The summed E-state index contributed by atoms with van der Waals surface area (Å²) in [6.45, 7) is 0. The van der Waals surface area contributed by atoms with E-state index in [9.17, 15) is 9.59 Å². The Morgan fingerprint density at radius 2 is 2.04 bits per heavy atom. The molecule has 0 saturated carbocycles. The lowest BCUT2D eigenvalue weighted by Crippen LogP contribution is -2.18. The molecule has 0 fully saturated rings. The Hall–Kier alpha value is -4.26. The second-order valence-corrected chi connectivity index (χ2v) is 5.41. The first kappa shape index (κ1) is 18.5. The Balaban J connectivity index is 1.81. The van der Waals surface area contributed by atoms with Crippen molar-refractivity contribution in [2.75, 3.05) is 19.5 Å². The molecular weight excluding hydrogens is 364 g/mol. The molecule has 1 amide bonds. The van der Waals surface area contributed by atoms with Crippen LogP contribution in [0, 0.1) is 11.3 Å². The number of esters is 1. The summed E-state index contributed by atoms with van der Waals surface area (Å²) in [5.74, 6) is -0.592. The number of rotatable bonds is 5. The Labute approximate surface area is 159 Å². The molecule has 0 spiro atoms. The maximum Gasteiger partial charge on any atom is 0.340 e. The number of carbonyl (C=O) groups is 2. The minimum Gasteiger partial charge on any atom is -0.481 e. The van der Waals surface area contributed by atoms with Gasteiger partial charge >= 0.3 is 5.97 Å². The van der Waals surface area contributed by atoms with E-state index in [1.54, 1.807) is 29.1 Å². The molecule has 10 nitrogen and oxygen atoms in total. The molecule has 10 heteroatoms. The van der Waals surface area contributed by atoms with Gasteiger partial charge in [-0.25, -0.2) is 9.78 Å². The zero-order chi connectivity index (χ0) is 20.1. The first-order chi connectivity index (χ1) is 13.5. The van der Waals surface area contributed by atoms with Gasteiger partial charge in [-0.2, -0.15) is 5.26 Å². The van der Waals surface area contributed by atoms with Crippen LogP contribution in [0.4, 0.5) is 5.69 Å². The van der Waals surface area contributed by atoms with Crippen LogP contribution in [0.1, 0.15) is 26.4 Å². The zero-order valence-corrected chi connectivity index (χ0v) is 14.9. The summed E-state index contributed by atoms with van der Waals surface area (Å²) in [4.78, 5) is 28.4. The van der Waals surface area contributed by atoms with Crippen LogP contribution in [0.15, 0.2) is 42.9 Å². The van der Waals surface area contributed by atoms with Crippen LogP contribution >= 0.6 is 0 Å². The van der Waals surface area contributed by atoms with Gasteiger partial charge in [0.1, 0.15) is 6.07 Å². The monoisotopic (exact) mass is 378 g/mol. The molecule has 140 valence electrons. The number of aromatic nitrogens is 4. The third kappa shape index (κ3) is 3.78. The molecule has 3 aromatic rings. The van der Waals surface area contributed by atoms with Gasteiger partial charge in [-0.3, -0.25) is 4.79 Å². The van der Waals surface area contributed by atoms with Crippen LogP contribution in [0.25, 0.3) is 5.82 Å². The topological polar surface area (TPSA) is 132 Å². The van der Waals surface area contributed by atoms with Gasteiger partial charge in [0.2, 0.25) is 5.88 Å². The van der Waals surface area contributed by atoms with Gasteiger partial charge in [-0.1, -0.05) is 0 Å². The highest BCUT2D eigenvalue weighted by Crippen LogP contribution is 2.21. The van der Waals surface area contributed by atoms with Gasteiger partial charge < -0.3 is 19.4 Å². The Morgan fingerprint density at radius 3 is 2.64 bits per heavy atom. The third-order valence-electron chi connectivity index (χ3n) is 3.71. The highest BCUT2D eigenvalue weighted by atomic mass is 16.5. The highest BCUT2D eigenvalue weighted by molar-refractivity contribution is 6.07. The van der Waals surface area contributed by atoms with Crippen LogP contribution in [0.2, 0.25) is 0 Å². The molecule has 0 aliphatic heterocycles. The number of hydrogen-bond donors (Lipinski definition) is 1. The van der Waals surface area contributed by atoms with E-state index in [0.717, 1.165) is 0 Å². The number of amides is 1. The van der Waals surface area contributed by atoms with Crippen molar-refractivity contribution in [1.82, 2.24) is 19.7 Å². The zero-order valence-electron chi connectivity index (χ0n) is 14.9. The van der Waals surface area contributed by atoms with E-state index in [0.29, 0.717) is 11.4 Å². The number of nitriles is 1. The number of carbonyl (C=O) groups excluding carboxylic acids is 2. The molecule has 3 heterocycles. The van der Waals surface area contributed by atoms with Crippen molar-refractivity contribution in [1.29, 1.82) is 5.26 Å². The minimum atomic E-state index is -0.654. The summed E-state index contributed by atoms with van der Waals surface area (Å²) in [6.07, 6.45) is 4.54. The van der Waals surface area contributed by atoms with Gasteiger partial charge in [-0.15, -0.1) is 10.2 Å². The molecule has 3 rings (SSSR count). The molecule has 28 heavy (non-hydrogen) atoms. The maximum absolute atomic E-state index is 12.5. The number of anilines is 1. The molecule has 0 radical (unpaired) electrons. The molecular formula is C18H14N6O4. The Bertz CT molecular complexity index is 1070. The van der Waals surface area contributed by atoms with E-state index >= 15 is 0 Å². The average molecular weight is 378 g/mol. The molecule has 0 bridgehead atoms. The highest BCUT2D eigenvalue weighted by Gasteiger charge is 2.18. The van der Waals surface area contributed by atoms with Gasteiger partial charge in [0.05, 0.1) is 37.2 Å². The van der Waals surface area contributed by atoms with E-state index < -0.39 is 11.9 Å². The van der Waals surface area contributed by atoms with Gasteiger partial charge in [0.25, 0.3) is 5.91 Å². The molecule has 0 aliphatic rings. The van der Waals surface area contributed by atoms with E-state index in [4.69, 9.17) is 14.7 Å². The van der Waals surface area contributed by atoms with Gasteiger partial charge in [0, 0.05) is 18.5 Å². The number of hydrogen-bond acceptors (Lipinski definition) is 8. The molecule has 0 saturated heterocycles. The minimum absolute atomic E-state index is 0.0306. The number of ether oxygens (including phenoxy) is 2. The fourth-order valence-corrected chi connectivity index (χ4v) is 2.30. The van der Waals surface area contributed by atoms with Crippen molar-refractivity contribution in [3.8, 4) is 17.8 Å². The fraction of sp³-hybridized carbons (Fsp3) is 0.111. The lowest BCUT2D eigenvalue weighted by atomic mass is 10.2. The summed E-state index contributed by atoms with van der Waals surface area (Å²) in [5, 5.41) is 19.3. The molecule has 1 N–H and O–H groups in total. The second kappa shape index (κ2) is 7.96. The van der Waals surface area contributed by atoms with Crippen molar-refractivity contribution < 1.29 is 19.1 Å². The SMILES string of the molecule is COC(=O)c1cc(OC)ncc1NC(=O)c1ccc(-n2ccc(C#N)c2)nn1. The molecule has 3 aromatic heterocycles. The van der Waals surface area contributed by atoms with E-state index in [1.165, 1.54) is 32.5 Å². The number of nitrogens with one attached hydrogen (secondary N) is 1. The lowest BCUT2D eigenvalue weighted by molar-refractivity contribution is 0.0601. The standard InChI is InChI=1S/C18H14N6O4/c1-27-16-7-12(18(26)28-2)14(9-20-16)21-17(25)13-3-4-15(23-22-13)24-6-5-11(8-19)10-24/h3-7,9-10H,1-2H3,(H,21,25). The van der Waals surface area contributed by atoms with Gasteiger partial charge in [-0.05, 0) is 18.2 Å². The normalized spacial score (nSPS) is 10.0. The quantitative estimate of drug-likeness (QED) is 0.662. The number of pyridine rings is 1. The lowest BCUT2D eigenvalue weighted by Gasteiger charge is -2.10. The van der Waals surface area contributed by atoms with Crippen LogP contribution in [0.3, 0.4) is 0 Å². The van der Waals surface area contributed by atoms with Crippen LogP contribution < -0.4 is 10.1 Å². The van der Waals surface area contributed by atoms with Crippen molar-refractivity contribution in [3.63, 3.8) is 0 Å². The fourth-order valence-electron chi connectivity index (χ4n) is 2.30. The summed E-state index contributed by atoms with van der Waals surface area (Å²) < 4.78 is 11.3. The largest absolute Gasteiger partial charge is 0.481 e. The van der Waals surface area contributed by atoms with E-state index in [1.807, 2.05) is 6.07 Å². The Kier molecular flexibility index (Phi) is 5.27. The number of nitrogens with zero attached hydrogens (tertiary/aromatic N) is 5. The number of methoxy groups -OCH3 is 2. The molecule has 0 aromatic carbocycles. The van der Waals surface area contributed by atoms with E-state index in [2.05, 4.69) is 20.5 Å². The summed E-state index contributed by atoms with van der Waals surface area (Å²) in [7, 11) is 2.63. The van der Waals surface area contributed by atoms with Crippen molar-refractivity contribution in [2.24, 2.45) is 0 Å². The van der Waals surface area contributed by atoms with Crippen molar-refractivity contribution in [3.05, 3.63) is 59.7 Å². The summed E-state index contributed by atoms with van der Waals surface area (Å²) >= 11 is 0. The predicted molar refractivity (Wildman–Crippen MR) is 96.2 cm³/mol. The first-order valence-electron chi connectivity index (χ1n) is 7.91. The van der Waals surface area contributed by atoms with Crippen LogP contribution in [-0.4, -0.2) is 45.8 Å². The van der Waals surface area contributed by atoms with Gasteiger partial charge in [0.15, 0.2) is 11.5 Å². The molecule has 0 atom stereocenters. The third-order valence-corrected chi connectivity index (χ3v) is 3.71. The second-order valence-electron chi connectivity index (χ2n) is 5.41. The molecule has 0 aliphatic carbocycles. The van der Waals surface area contributed by atoms with E-state index in [-0.39, 0.29) is 22.8 Å². The smallest absolute Gasteiger partial charge is 0.340 e. The predicted octanol–water partition coefficient (Wildman–Crippen LogP) is 1.58. The summed E-state index contributed by atoms with van der Waals surface area (Å²) in [6, 6.07) is 8.05. The Morgan fingerprint density at radius 1 is 1.21 bits per heavy atom. The van der Waals surface area contributed by atoms with Crippen LogP contribution in [0.5, 0.6) is 5.88 Å². The van der Waals surface area contributed by atoms with Crippen molar-refractivity contribution >= 4 is 17.6 Å². The first-order valence-corrected chi connectivity index (χ1v) is 7.91. The van der Waals surface area contributed by atoms with Crippen LogP contribution in [-0.2, 0) is 4.74 Å². The van der Waals surface area contributed by atoms with Crippen molar-refractivity contribution in [2.45, 2.75) is 0 Å². The molecule has 0 unspecified atom stereocenters.